The van der Waals surface area contributed by atoms with E-state index in [0.29, 0.717) is 5.82 Å². The Hall–Kier alpha value is -6.16. The van der Waals surface area contributed by atoms with Crippen molar-refractivity contribution in [3.63, 3.8) is 0 Å². The largest absolute Gasteiger partial charge is 0.228 e. The maximum absolute atomic E-state index is 5.22. The molecule has 2 aromatic heterocycles. The molecule has 0 bridgehead atoms. The van der Waals surface area contributed by atoms with Crippen LogP contribution in [-0.4, -0.2) is 9.97 Å². The molecule has 0 fully saturated rings. The Labute approximate surface area is 301 Å². The first-order valence-corrected chi connectivity index (χ1v) is 18.2. The third-order valence-electron chi connectivity index (χ3n) is 10.6. The van der Waals surface area contributed by atoms with Gasteiger partial charge < -0.3 is 0 Å². The summed E-state index contributed by atoms with van der Waals surface area (Å²) in [7, 11) is 0. The van der Waals surface area contributed by atoms with Gasteiger partial charge in [0.05, 0.1) is 11.4 Å². The highest BCUT2D eigenvalue weighted by Crippen LogP contribution is 2.52. The molecule has 51 heavy (non-hydrogen) atoms. The molecular weight excluding hydrogens is 637 g/mol. The predicted molar refractivity (Wildman–Crippen MR) is 214 cm³/mol. The maximum atomic E-state index is 5.22. The van der Waals surface area contributed by atoms with Gasteiger partial charge in [0, 0.05) is 42.3 Å². The highest BCUT2D eigenvalue weighted by Gasteiger charge is 2.40. The fourth-order valence-electron chi connectivity index (χ4n) is 8.04. The summed E-state index contributed by atoms with van der Waals surface area (Å²) in [6.45, 7) is 2.36. The first kappa shape index (κ1) is 29.7. The lowest BCUT2D eigenvalue weighted by Gasteiger charge is -2.28. The lowest BCUT2D eigenvalue weighted by atomic mass is 9.74. The predicted octanol–water partition coefficient (Wildman–Crippen LogP) is 12.8. The van der Waals surface area contributed by atoms with Crippen LogP contribution in [0.5, 0.6) is 0 Å². The van der Waals surface area contributed by atoms with Gasteiger partial charge in [0.1, 0.15) is 0 Å². The van der Waals surface area contributed by atoms with E-state index in [1.54, 1.807) is 0 Å². The number of hydrogen-bond acceptors (Lipinski definition) is 3. The maximum Gasteiger partial charge on any atom is 0.160 e. The van der Waals surface area contributed by atoms with Crippen molar-refractivity contribution in [3.05, 3.63) is 193 Å². The minimum absolute atomic E-state index is 0.244. The van der Waals surface area contributed by atoms with Gasteiger partial charge in [-0.2, -0.15) is 0 Å². The quantitative estimate of drug-likeness (QED) is 0.182. The molecule has 0 spiro atoms. The number of nitrogens with zero attached hydrogens (tertiary/aromatic N) is 2. The summed E-state index contributed by atoms with van der Waals surface area (Å²) in [5.74, 6) is 0.715. The van der Waals surface area contributed by atoms with E-state index in [9.17, 15) is 0 Å². The van der Waals surface area contributed by atoms with Gasteiger partial charge in [0.15, 0.2) is 5.82 Å². The fraction of sp³-hybridized carbons (Fsp3) is 0.0417. The third kappa shape index (κ3) is 4.77. The first-order chi connectivity index (χ1) is 25.1. The summed E-state index contributed by atoms with van der Waals surface area (Å²) >= 11 is 1.85. The molecule has 1 aliphatic rings. The Balaban J connectivity index is 1.11. The smallest absolute Gasteiger partial charge is 0.160 e. The molecule has 2 heterocycles. The lowest BCUT2D eigenvalue weighted by molar-refractivity contribution is 0.714. The van der Waals surface area contributed by atoms with Crippen molar-refractivity contribution >= 4 is 31.5 Å². The van der Waals surface area contributed by atoms with Gasteiger partial charge in [-0.15, -0.1) is 11.3 Å². The second-order valence-corrected chi connectivity index (χ2v) is 14.6. The van der Waals surface area contributed by atoms with Crippen LogP contribution < -0.4 is 0 Å². The van der Waals surface area contributed by atoms with Crippen LogP contribution in [0.4, 0.5) is 0 Å². The molecule has 0 atom stereocenters. The van der Waals surface area contributed by atoms with Gasteiger partial charge in [-0.05, 0) is 70.1 Å². The van der Waals surface area contributed by atoms with E-state index >= 15 is 0 Å². The van der Waals surface area contributed by atoms with E-state index in [4.69, 9.17) is 9.97 Å². The van der Waals surface area contributed by atoms with Crippen molar-refractivity contribution in [2.75, 3.05) is 0 Å². The normalized spacial score (nSPS) is 13.0. The van der Waals surface area contributed by atoms with Gasteiger partial charge >= 0.3 is 0 Å². The molecule has 0 amide bonds. The molecule has 240 valence electrons. The van der Waals surface area contributed by atoms with Crippen molar-refractivity contribution < 1.29 is 0 Å². The number of fused-ring (bicyclic) bond motifs is 6. The van der Waals surface area contributed by atoms with E-state index in [2.05, 4.69) is 165 Å². The topological polar surface area (TPSA) is 25.8 Å². The highest BCUT2D eigenvalue weighted by molar-refractivity contribution is 7.25. The Kier molecular flexibility index (Phi) is 6.83. The van der Waals surface area contributed by atoms with Gasteiger partial charge in [-0.3, -0.25) is 0 Å². The third-order valence-corrected chi connectivity index (χ3v) is 11.8. The van der Waals surface area contributed by atoms with Gasteiger partial charge in [0.2, 0.25) is 0 Å². The summed E-state index contributed by atoms with van der Waals surface area (Å²) in [5, 5.41) is 2.59. The summed E-state index contributed by atoms with van der Waals surface area (Å²) in [6, 6.07) is 63.3. The Bertz CT molecular complexity index is 2710. The summed E-state index contributed by atoms with van der Waals surface area (Å²) < 4.78 is 2.61. The van der Waals surface area contributed by atoms with E-state index in [1.807, 2.05) is 29.5 Å². The molecule has 0 saturated carbocycles. The van der Waals surface area contributed by atoms with Gasteiger partial charge in [-0.1, -0.05) is 152 Å². The molecule has 0 unspecified atom stereocenters. The van der Waals surface area contributed by atoms with Crippen LogP contribution in [0.3, 0.4) is 0 Å². The number of aromatic nitrogens is 2. The molecule has 1 aliphatic carbocycles. The molecule has 0 N–H and O–H groups in total. The van der Waals surface area contributed by atoms with Crippen LogP contribution in [0.25, 0.3) is 76.3 Å². The van der Waals surface area contributed by atoms with Gasteiger partial charge in [-0.25, -0.2) is 9.97 Å². The van der Waals surface area contributed by atoms with Crippen molar-refractivity contribution in [2.24, 2.45) is 0 Å². The molecule has 0 saturated heterocycles. The average Bonchev–Trinajstić information content (AvgIpc) is 3.71. The number of rotatable bonds is 5. The summed E-state index contributed by atoms with van der Waals surface area (Å²) in [4.78, 5) is 10.4. The zero-order chi connectivity index (χ0) is 33.9. The Morgan fingerprint density at radius 1 is 0.412 bits per heavy atom. The zero-order valence-corrected chi connectivity index (χ0v) is 28.9. The fourth-order valence-corrected chi connectivity index (χ4v) is 9.13. The van der Waals surface area contributed by atoms with E-state index in [1.165, 1.54) is 53.6 Å². The van der Waals surface area contributed by atoms with E-state index in [0.717, 1.165) is 33.6 Å². The van der Waals surface area contributed by atoms with Crippen molar-refractivity contribution in [1.29, 1.82) is 0 Å². The second kappa shape index (κ2) is 11.7. The van der Waals surface area contributed by atoms with E-state index < -0.39 is 0 Å². The first-order valence-electron chi connectivity index (χ1n) is 17.4. The lowest BCUT2D eigenvalue weighted by Crippen LogP contribution is -2.22. The van der Waals surface area contributed by atoms with Crippen LogP contribution in [0.2, 0.25) is 0 Å². The number of benzene rings is 7. The molecule has 3 heteroatoms. The minimum Gasteiger partial charge on any atom is -0.228 e. The van der Waals surface area contributed by atoms with Crippen LogP contribution in [0, 0.1) is 0 Å². The minimum atomic E-state index is -0.244. The zero-order valence-electron chi connectivity index (χ0n) is 28.0. The van der Waals surface area contributed by atoms with Crippen molar-refractivity contribution in [1.82, 2.24) is 9.97 Å². The van der Waals surface area contributed by atoms with E-state index in [-0.39, 0.29) is 5.41 Å². The molecular formula is C48H32N2S. The average molecular weight is 669 g/mol. The van der Waals surface area contributed by atoms with Crippen molar-refractivity contribution in [2.45, 2.75) is 12.3 Å². The van der Waals surface area contributed by atoms with Gasteiger partial charge in [0.25, 0.3) is 0 Å². The van der Waals surface area contributed by atoms with Crippen LogP contribution in [0.1, 0.15) is 23.6 Å². The molecule has 7 aromatic carbocycles. The highest BCUT2D eigenvalue weighted by atomic mass is 32.1. The summed E-state index contributed by atoms with van der Waals surface area (Å²) in [5.41, 5.74) is 13.6. The molecule has 9 aromatic rings. The summed E-state index contributed by atoms with van der Waals surface area (Å²) in [6.07, 6.45) is 0. The monoisotopic (exact) mass is 668 g/mol. The number of thiophene rings is 1. The van der Waals surface area contributed by atoms with Crippen LogP contribution >= 0.6 is 11.3 Å². The molecule has 2 nitrogen and oxygen atoms in total. The molecule has 10 rings (SSSR count). The van der Waals surface area contributed by atoms with Crippen LogP contribution in [-0.2, 0) is 5.41 Å². The van der Waals surface area contributed by atoms with Crippen molar-refractivity contribution in [3.8, 4) is 56.2 Å². The Morgan fingerprint density at radius 3 is 1.73 bits per heavy atom. The molecule has 0 aliphatic heterocycles. The second-order valence-electron chi connectivity index (χ2n) is 13.5. The number of hydrogen-bond donors (Lipinski definition) is 0. The van der Waals surface area contributed by atoms with Crippen LogP contribution in [0.15, 0.2) is 176 Å². The Morgan fingerprint density at radius 2 is 0.980 bits per heavy atom. The molecule has 0 radical (unpaired) electrons. The standard InChI is InChI=1S/C48H32N2S/c1-48(41-20-10-7-16-36(41)37-17-8-11-21-42(37)48)34-26-23-31(24-27-34)43-30-44(50-47(49-43)32-13-3-2-4-14-32)38-18-6-5-15-35(38)33-25-28-46-40(29-33)39-19-9-12-22-45(39)51-46/h2-30H,1H3. The SMILES string of the molecule is CC1(c2ccc(-c3cc(-c4ccccc4-c4ccc5sc6ccccc6c5c4)nc(-c4ccccc4)n3)cc2)c2ccccc2-c2ccccc21.